The Labute approximate surface area is 155 Å². The third kappa shape index (κ3) is 2.88. The average Bonchev–Trinajstić information content (AvgIpc) is 3.23. The van der Waals surface area contributed by atoms with E-state index in [0.717, 1.165) is 0 Å². The summed E-state index contributed by atoms with van der Waals surface area (Å²) in [5, 5.41) is 17.4. The topological polar surface area (TPSA) is 107 Å². The summed E-state index contributed by atoms with van der Waals surface area (Å²) in [7, 11) is 0. The Kier molecular flexibility index (Phi) is 4.21. The fourth-order valence-electron chi connectivity index (χ4n) is 3.63. The molecule has 9 nitrogen and oxygen atoms in total. The Balaban J connectivity index is 1.61. The predicted octanol–water partition coefficient (Wildman–Crippen LogP) is 1.28. The van der Waals surface area contributed by atoms with Crippen LogP contribution in [0.5, 0.6) is 11.5 Å². The van der Waals surface area contributed by atoms with Crippen LogP contribution in [0.15, 0.2) is 18.2 Å². The van der Waals surface area contributed by atoms with Gasteiger partial charge in [-0.15, -0.1) is 5.10 Å². The van der Waals surface area contributed by atoms with Gasteiger partial charge in [-0.2, -0.15) is 0 Å². The van der Waals surface area contributed by atoms with Crippen LogP contribution < -0.4 is 9.47 Å². The highest BCUT2D eigenvalue weighted by molar-refractivity contribution is 5.94. The Morgan fingerprint density at radius 3 is 2.67 bits per heavy atom. The lowest BCUT2D eigenvalue weighted by Gasteiger charge is -2.22. The molecule has 1 aromatic heterocycles. The second-order valence-electron chi connectivity index (χ2n) is 6.74. The van der Waals surface area contributed by atoms with Crippen LogP contribution in [-0.2, 0) is 4.79 Å². The number of aromatic nitrogens is 3. The number of benzene rings is 1. The largest absolute Gasteiger partial charge is 0.486 e. The van der Waals surface area contributed by atoms with E-state index < -0.39 is 11.9 Å². The van der Waals surface area contributed by atoms with E-state index in [1.807, 2.05) is 6.07 Å². The zero-order valence-electron chi connectivity index (χ0n) is 15.1. The van der Waals surface area contributed by atoms with Gasteiger partial charge in [0.1, 0.15) is 13.2 Å². The SMILES string of the molecule is Cc1c(C(=O)N2CCC(C(=O)O)C2C)nnn1-c1ccc2c(c1)OCCO2. The first-order chi connectivity index (χ1) is 13.0. The van der Waals surface area contributed by atoms with Crippen LogP contribution in [0.2, 0.25) is 0 Å². The number of rotatable bonds is 3. The molecular weight excluding hydrogens is 352 g/mol. The van der Waals surface area contributed by atoms with Crippen molar-refractivity contribution in [2.45, 2.75) is 26.3 Å². The number of nitrogens with zero attached hydrogens (tertiary/aromatic N) is 4. The van der Waals surface area contributed by atoms with Crippen molar-refractivity contribution in [1.29, 1.82) is 0 Å². The Morgan fingerprint density at radius 1 is 1.22 bits per heavy atom. The van der Waals surface area contributed by atoms with Gasteiger partial charge in [-0.25, -0.2) is 4.68 Å². The van der Waals surface area contributed by atoms with Crippen molar-refractivity contribution in [2.24, 2.45) is 5.92 Å². The molecule has 0 radical (unpaired) electrons. The molecule has 4 rings (SSSR count). The maximum absolute atomic E-state index is 12.9. The monoisotopic (exact) mass is 372 g/mol. The highest BCUT2D eigenvalue weighted by atomic mass is 16.6. The second kappa shape index (κ2) is 6.57. The van der Waals surface area contributed by atoms with Gasteiger partial charge in [0.15, 0.2) is 17.2 Å². The first-order valence-electron chi connectivity index (χ1n) is 8.83. The lowest BCUT2D eigenvalue weighted by atomic mass is 10.0. The third-order valence-electron chi connectivity index (χ3n) is 5.20. The Bertz CT molecular complexity index is 909. The van der Waals surface area contributed by atoms with Crippen LogP contribution in [-0.4, -0.2) is 62.7 Å². The standard InChI is InChI=1S/C18H20N4O5/c1-10-13(18(24)25)5-6-21(10)17(23)16-11(2)22(20-19-16)12-3-4-14-15(9-12)27-8-7-26-14/h3-4,9-10,13H,5-8H2,1-2H3,(H,24,25). The molecule has 2 aliphatic rings. The van der Waals surface area contributed by atoms with E-state index in [2.05, 4.69) is 10.3 Å². The van der Waals surface area contributed by atoms with Gasteiger partial charge in [0.05, 0.1) is 17.3 Å². The van der Waals surface area contributed by atoms with Gasteiger partial charge in [0.2, 0.25) is 0 Å². The van der Waals surface area contributed by atoms with Crippen LogP contribution in [0.1, 0.15) is 29.5 Å². The van der Waals surface area contributed by atoms with E-state index in [4.69, 9.17) is 9.47 Å². The van der Waals surface area contributed by atoms with E-state index >= 15 is 0 Å². The van der Waals surface area contributed by atoms with Gasteiger partial charge < -0.3 is 19.5 Å². The van der Waals surface area contributed by atoms with Crippen molar-refractivity contribution in [3.8, 4) is 17.2 Å². The minimum Gasteiger partial charge on any atom is -0.486 e. The summed E-state index contributed by atoms with van der Waals surface area (Å²) in [6.45, 7) is 4.91. The van der Waals surface area contributed by atoms with Crippen molar-refractivity contribution >= 4 is 11.9 Å². The van der Waals surface area contributed by atoms with E-state index in [-0.39, 0.29) is 17.6 Å². The average molecular weight is 372 g/mol. The van der Waals surface area contributed by atoms with Crippen molar-refractivity contribution in [3.05, 3.63) is 29.6 Å². The van der Waals surface area contributed by atoms with Crippen molar-refractivity contribution in [2.75, 3.05) is 19.8 Å². The first-order valence-corrected chi connectivity index (χ1v) is 8.83. The number of amides is 1. The molecule has 1 aromatic carbocycles. The molecule has 2 atom stereocenters. The summed E-state index contributed by atoms with van der Waals surface area (Å²) >= 11 is 0. The van der Waals surface area contributed by atoms with Crippen molar-refractivity contribution < 1.29 is 24.2 Å². The molecule has 27 heavy (non-hydrogen) atoms. The van der Waals surface area contributed by atoms with Crippen LogP contribution >= 0.6 is 0 Å². The molecule has 0 aliphatic carbocycles. The van der Waals surface area contributed by atoms with E-state index in [1.54, 1.807) is 35.6 Å². The molecule has 1 saturated heterocycles. The third-order valence-corrected chi connectivity index (χ3v) is 5.20. The van der Waals surface area contributed by atoms with Gasteiger partial charge in [-0.3, -0.25) is 9.59 Å². The van der Waals surface area contributed by atoms with E-state index in [0.29, 0.717) is 49.1 Å². The molecule has 1 N–H and O–H groups in total. The lowest BCUT2D eigenvalue weighted by molar-refractivity contribution is -0.142. The van der Waals surface area contributed by atoms with E-state index in [9.17, 15) is 14.7 Å². The maximum atomic E-state index is 12.9. The normalized spacial score (nSPS) is 21.3. The summed E-state index contributed by atoms with van der Waals surface area (Å²) in [5.41, 5.74) is 1.52. The van der Waals surface area contributed by atoms with Crippen LogP contribution in [0.3, 0.4) is 0 Å². The lowest BCUT2D eigenvalue weighted by Crippen LogP contribution is -2.38. The van der Waals surface area contributed by atoms with Crippen molar-refractivity contribution in [1.82, 2.24) is 19.9 Å². The van der Waals surface area contributed by atoms with Gasteiger partial charge in [0, 0.05) is 18.7 Å². The molecule has 3 heterocycles. The number of carbonyl (C=O) groups excluding carboxylic acids is 1. The number of likely N-dealkylation sites (tertiary alicyclic amines) is 1. The Morgan fingerprint density at radius 2 is 1.96 bits per heavy atom. The molecule has 1 fully saturated rings. The molecule has 1 amide bonds. The van der Waals surface area contributed by atoms with Crippen LogP contribution in [0, 0.1) is 12.8 Å². The number of ether oxygens (including phenoxy) is 2. The van der Waals surface area contributed by atoms with Gasteiger partial charge in [0.25, 0.3) is 5.91 Å². The smallest absolute Gasteiger partial charge is 0.308 e. The summed E-state index contributed by atoms with van der Waals surface area (Å²) in [5.74, 6) is -0.437. The molecule has 0 spiro atoms. The zero-order chi connectivity index (χ0) is 19.1. The number of carboxylic acids is 1. The maximum Gasteiger partial charge on any atom is 0.308 e. The Hall–Kier alpha value is -3.10. The fraction of sp³-hybridized carbons (Fsp3) is 0.444. The van der Waals surface area contributed by atoms with Crippen molar-refractivity contribution in [3.63, 3.8) is 0 Å². The molecule has 2 unspecified atom stereocenters. The molecule has 2 aromatic rings. The zero-order valence-corrected chi connectivity index (χ0v) is 15.1. The summed E-state index contributed by atoms with van der Waals surface area (Å²) in [6, 6.07) is 5.03. The highest BCUT2D eigenvalue weighted by Crippen LogP contribution is 2.32. The van der Waals surface area contributed by atoms with Gasteiger partial charge in [-0.05, 0) is 32.4 Å². The quantitative estimate of drug-likeness (QED) is 0.865. The molecule has 2 aliphatic heterocycles. The number of fused-ring (bicyclic) bond motifs is 1. The number of hydrogen-bond donors (Lipinski definition) is 1. The summed E-state index contributed by atoms with van der Waals surface area (Å²) in [6.07, 6.45) is 0.442. The number of carbonyl (C=O) groups is 2. The second-order valence-corrected chi connectivity index (χ2v) is 6.74. The molecule has 9 heteroatoms. The van der Waals surface area contributed by atoms with Crippen LogP contribution in [0.25, 0.3) is 5.69 Å². The molecule has 142 valence electrons. The number of hydrogen-bond acceptors (Lipinski definition) is 6. The number of carboxylic acid groups (broad SMARTS) is 1. The minimum atomic E-state index is -0.880. The van der Waals surface area contributed by atoms with Crippen LogP contribution in [0.4, 0.5) is 0 Å². The first kappa shape index (κ1) is 17.3. The fourth-order valence-corrected chi connectivity index (χ4v) is 3.63. The summed E-state index contributed by atoms with van der Waals surface area (Å²) in [4.78, 5) is 25.8. The molecule has 0 bridgehead atoms. The van der Waals surface area contributed by atoms with E-state index in [1.165, 1.54) is 0 Å². The molecular formula is C18H20N4O5. The minimum absolute atomic E-state index is 0.225. The van der Waals surface area contributed by atoms with Gasteiger partial charge in [-0.1, -0.05) is 5.21 Å². The van der Waals surface area contributed by atoms with Gasteiger partial charge >= 0.3 is 5.97 Å². The molecule has 0 saturated carbocycles. The summed E-state index contributed by atoms with van der Waals surface area (Å²) < 4.78 is 12.7. The predicted molar refractivity (Wildman–Crippen MR) is 93.3 cm³/mol. The number of aliphatic carboxylic acids is 1. The highest BCUT2D eigenvalue weighted by Gasteiger charge is 2.39.